The summed E-state index contributed by atoms with van der Waals surface area (Å²) in [6.07, 6.45) is 1.96. The first-order valence-electron chi connectivity index (χ1n) is 5.60. The van der Waals surface area contributed by atoms with Crippen LogP contribution in [0.1, 0.15) is 24.2 Å². The molecule has 17 heavy (non-hydrogen) atoms. The standard InChI is InChI=1S/C13H16FN3/c1-9-8-17(13(15-3)16-9)10(2)11-5-4-6-12(14)7-11/h4-8,10H,1-3H3,(H,15,16). The molecule has 3 nitrogen and oxygen atoms in total. The molecule has 0 aliphatic carbocycles. The molecule has 0 saturated heterocycles. The van der Waals surface area contributed by atoms with E-state index in [1.54, 1.807) is 12.1 Å². The number of hydrogen-bond donors (Lipinski definition) is 1. The minimum atomic E-state index is -0.211. The topological polar surface area (TPSA) is 29.9 Å². The van der Waals surface area contributed by atoms with Crippen molar-refractivity contribution in [2.45, 2.75) is 19.9 Å². The van der Waals surface area contributed by atoms with Crippen molar-refractivity contribution < 1.29 is 4.39 Å². The van der Waals surface area contributed by atoms with Crippen LogP contribution in [-0.2, 0) is 0 Å². The van der Waals surface area contributed by atoms with Gasteiger partial charge in [-0.25, -0.2) is 9.37 Å². The number of imidazole rings is 1. The lowest BCUT2D eigenvalue weighted by atomic mass is 10.1. The lowest BCUT2D eigenvalue weighted by molar-refractivity contribution is 0.606. The van der Waals surface area contributed by atoms with Gasteiger partial charge >= 0.3 is 0 Å². The molecule has 0 aliphatic rings. The Labute approximate surface area is 100 Å². The quantitative estimate of drug-likeness (QED) is 0.883. The molecule has 1 heterocycles. The van der Waals surface area contributed by atoms with E-state index >= 15 is 0 Å². The van der Waals surface area contributed by atoms with Crippen LogP contribution in [0.5, 0.6) is 0 Å². The minimum Gasteiger partial charge on any atom is -0.359 e. The molecule has 0 spiro atoms. The van der Waals surface area contributed by atoms with Crippen LogP contribution in [0.15, 0.2) is 30.5 Å². The number of aromatic nitrogens is 2. The van der Waals surface area contributed by atoms with Crippen LogP contribution < -0.4 is 5.32 Å². The van der Waals surface area contributed by atoms with Crippen molar-refractivity contribution in [3.63, 3.8) is 0 Å². The molecule has 2 rings (SSSR count). The fraction of sp³-hybridized carbons (Fsp3) is 0.308. The highest BCUT2D eigenvalue weighted by atomic mass is 19.1. The first kappa shape index (κ1) is 11.6. The lowest BCUT2D eigenvalue weighted by Gasteiger charge is -2.16. The summed E-state index contributed by atoms with van der Waals surface area (Å²) in [6, 6.07) is 6.70. The Bertz CT molecular complexity index is 519. The highest BCUT2D eigenvalue weighted by molar-refractivity contribution is 5.32. The van der Waals surface area contributed by atoms with Crippen molar-refractivity contribution in [3.8, 4) is 0 Å². The number of nitrogens with zero attached hydrogens (tertiary/aromatic N) is 2. The molecule has 1 unspecified atom stereocenters. The number of aryl methyl sites for hydroxylation is 1. The molecule has 1 N–H and O–H groups in total. The Hall–Kier alpha value is -1.84. The first-order valence-corrected chi connectivity index (χ1v) is 5.60. The highest BCUT2D eigenvalue weighted by Crippen LogP contribution is 2.23. The van der Waals surface area contributed by atoms with Gasteiger partial charge in [-0.2, -0.15) is 0 Å². The highest BCUT2D eigenvalue weighted by Gasteiger charge is 2.13. The van der Waals surface area contributed by atoms with Gasteiger partial charge in [-0.3, -0.25) is 0 Å². The number of rotatable bonds is 3. The molecule has 4 heteroatoms. The predicted octanol–water partition coefficient (Wildman–Crippen LogP) is 2.98. The van der Waals surface area contributed by atoms with Gasteiger partial charge in [-0.05, 0) is 31.5 Å². The largest absolute Gasteiger partial charge is 0.359 e. The van der Waals surface area contributed by atoms with Crippen molar-refractivity contribution in [3.05, 3.63) is 47.5 Å². The molecular formula is C13H16FN3. The van der Waals surface area contributed by atoms with Gasteiger partial charge in [-0.15, -0.1) is 0 Å². The molecule has 1 aromatic heterocycles. The van der Waals surface area contributed by atoms with Crippen LogP contribution >= 0.6 is 0 Å². The maximum Gasteiger partial charge on any atom is 0.203 e. The second kappa shape index (κ2) is 4.57. The summed E-state index contributed by atoms with van der Waals surface area (Å²) in [5.74, 6) is 0.580. The smallest absolute Gasteiger partial charge is 0.203 e. The molecule has 1 atom stereocenters. The van der Waals surface area contributed by atoms with Crippen molar-refractivity contribution in [1.82, 2.24) is 9.55 Å². The predicted molar refractivity (Wildman–Crippen MR) is 66.7 cm³/mol. The Morgan fingerprint density at radius 3 is 2.82 bits per heavy atom. The molecule has 0 saturated carbocycles. The van der Waals surface area contributed by atoms with E-state index in [4.69, 9.17) is 0 Å². The van der Waals surface area contributed by atoms with Crippen LogP contribution in [0.3, 0.4) is 0 Å². The van der Waals surface area contributed by atoms with Crippen LogP contribution in [0.2, 0.25) is 0 Å². The third-order valence-corrected chi connectivity index (χ3v) is 2.82. The number of anilines is 1. The summed E-state index contributed by atoms with van der Waals surface area (Å²) in [7, 11) is 1.83. The van der Waals surface area contributed by atoms with Gasteiger partial charge in [0.2, 0.25) is 5.95 Å². The maximum atomic E-state index is 13.2. The zero-order valence-corrected chi connectivity index (χ0v) is 10.2. The van der Waals surface area contributed by atoms with E-state index in [-0.39, 0.29) is 11.9 Å². The van der Waals surface area contributed by atoms with E-state index in [2.05, 4.69) is 10.3 Å². The van der Waals surface area contributed by atoms with E-state index in [0.717, 1.165) is 17.2 Å². The number of benzene rings is 1. The molecular weight excluding hydrogens is 217 g/mol. The van der Waals surface area contributed by atoms with Crippen LogP contribution in [0.4, 0.5) is 10.3 Å². The Morgan fingerprint density at radius 1 is 1.41 bits per heavy atom. The summed E-state index contributed by atoms with van der Waals surface area (Å²) < 4.78 is 15.2. The summed E-state index contributed by atoms with van der Waals surface area (Å²) in [6.45, 7) is 3.96. The molecule has 0 radical (unpaired) electrons. The first-order chi connectivity index (χ1) is 8.11. The minimum absolute atomic E-state index is 0.0503. The van der Waals surface area contributed by atoms with Gasteiger partial charge in [-0.1, -0.05) is 12.1 Å². The van der Waals surface area contributed by atoms with Crippen LogP contribution in [0.25, 0.3) is 0 Å². The van der Waals surface area contributed by atoms with Crippen LogP contribution in [-0.4, -0.2) is 16.6 Å². The van der Waals surface area contributed by atoms with Crippen molar-refractivity contribution in [1.29, 1.82) is 0 Å². The second-order valence-corrected chi connectivity index (χ2v) is 4.09. The van der Waals surface area contributed by atoms with Crippen molar-refractivity contribution >= 4 is 5.95 Å². The fourth-order valence-corrected chi connectivity index (χ4v) is 1.92. The van der Waals surface area contributed by atoms with Crippen LogP contribution in [0, 0.1) is 12.7 Å². The summed E-state index contributed by atoms with van der Waals surface area (Å²) >= 11 is 0. The zero-order chi connectivity index (χ0) is 12.4. The Kier molecular flexibility index (Phi) is 3.13. The summed E-state index contributed by atoms with van der Waals surface area (Å²) in [5, 5.41) is 3.04. The van der Waals surface area contributed by atoms with Gasteiger partial charge in [0.25, 0.3) is 0 Å². The van der Waals surface area contributed by atoms with Gasteiger partial charge in [0.1, 0.15) is 5.82 Å². The SMILES string of the molecule is CNc1nc(C)cn1C(C)c1cccc(F)c1. The molecule has 2 aromatic rings. The van der Waals surface area contributed by atoms with E-state index in [1.165, 1.54) is 6.07 Å². The lowest BCUT2D eigenvalue weighted by Crippen LogP contribution is -2.09. The molecule has 0 bridgehead atoms. The third kappa shape index (κ3) is 2.30. The number of hydrogen-bond acceptors (Lipinski definition) is 2. The molecule has 0 fully saturated rings. The van der Waals surface area contributed by atoms with Gasteiger partial charge < -0.3 is 9.88 Å². The monoisotopic (exact) mass is 233 g/mol. The van der Waals surface area contributed by atoms with Crippen molar-refractivity contribution in [2.75, 3.05) is 12.4 Å². The van der Waals surface area contributed by atoms with Crippen molar-refractivity contribution in [2.24, 2.45) is 0 Å². The zero-order valence-electron chi connectivity index (χ0n) is 10.2. The molecule has 0 aliphatic heterocycles. The van der Waals surface area contributed by atoms with Gasteiger partial charge in [0.05, 0.1) is 11.7 Å². The van der Waals surface area contributed by atoms with E-state index in [1.807, 2.05) is 37.7 Å². The molecule has 0 amide bonds. The van der Waals surface area contributed by atoms with Gasteiger partial charge in [0, 0.05) is 13.2 Å². The van der Waals surface area contributed by atoms with E-state index < -0.39 is 0 Å². The average Bonchev–Trinajstić information content (AvgIpc) is 2.69. The Morgan fingerprint density at radius 2 is 2.18 bits per heavy atom. The normalized spacial score (nSPS) is 12.5. The van der Waals surface area contributed by atoms with E-state index in [0.29, 0.717) is 0 Å². The van der Waals surface area contributed by atoms with Gasteiger partial charge in [0.15, 0.2) is 0 Å². The molecule has 90 valence electrons. The maximum absolute atomic E-state index is 13.2. The number of halogens is 1. The number of nitrogens with one attached hydrogen (secondary N) is 1. The third-order valence-electron chi connectivity index (χ3n) is 2.82. The molecule has 1 aromatic carbocycles. The fourth-order valence-electron chi connectivity index (χ4n) is 1.92. The summed E-state index contributed by atoms with van der Waals surface area (Å²) in [4.78, 5) is 4.36. The average molecular weight is 233 g/mol. The summed E-state index contributed by atoms with van der Waals surface area (Å²) in [5.41, 5.74) is 1.87. The Balaban J connectivity index is 2.39. The second-order valence-electron chi connectivity index (χ2n) is 4.09. The van der Waals surface area contributed by atoms with E-state index in [9.17, 15) is 4.39 Å².